The summed E-state index contributed by atoms with van der Waals surface area (Å²) in [6, 6.07) is 17.7. The summed E-state index contributed by atoms with van der Waals surface area (Å²) in [7, 11) is -4.13. The molecule has 62 heavy (non-hydrogen) atoms. The predicted molar refractivity (Wildman–Crippen MR) is 231 cm³/mol. The maximum Gasteiger partial charge on any atom is 0.404 e. The molecule has 20 heteroatoms. The number of sulfone groups is 1. The lowest BCUT2D eigenvalue weighted by Gasteiger charge is -2.29. The minimum absolute atomic E-state index is 0.00184. The summed E-state index contributed by atoms with van der Waals surface area (Å²) >= 11 is 13.3. The van der Waals surface area contributed by atoms with Crippen LogP contribution >= 0.6 is 35.0 Å². The van der Waals surface area contributed by atoms with E-state index in [1.807, 2.05) is 59.7 Å². The van der Waals surface area contributed by atoms with Crippen molar-refractivity contribution in [3.8, 4) is 11.4 Å². The largest absolute Gasteiger partial charge is 0.465 e. The van der Waals surface area contributed by atoms with Crippen LogP contribution in [0.4, 0.5) is 18.4 Å². The highest BCUT2D eigenvalue weighted by Gasteiger charge is 2.32. The predicted octanol–water partition coefficient (Wildman–Crippen LogP) is 9.55. The number of benzene rings is 2. The SMILES string of the molecule is CC(C)(C)C(Cc1cc(S(=O)(=O)c2cccnc2)n(-c2cccc(Cl)c2F)n1)NC(=O)O.CC(C)(C)C(Cc1cc(Sc2cccnc2)n(-c2cccc(Cl)c2F)n1)NC(=O)O. The highest BCUT2D eigenvalue weighted by molar-refractivity contribution is 7.99. The average Bonchev–Trinajstić information content (AvgIpc) is 3.80. The number of halogens is 4. The molecule has 0 fully saturated rings. The number of carboxylic acid groups (broad SMARTS) is 2. The molecule has 0 radical (unpaired) electrons. The molecule has 2 aromatic carbocycles. The molecule has 0 aliphatic rings. The van der Waals surface area contributed by atoms with Gasteiger partial charge in [-0.25, -0.2) is 36.2 Å². The number of nitrogens with zero attached hydrogens (tertiary/aromatic N) is 6. The molecule has 0 saturated heterocycles. The Morgan fingerprint density at radius 1 is 0.726 bits per heavy atom. The molecule has 328 valence electrons. The summed E-state index contributed by atoms with van der Waals surface area (Å²) in [5.41, 5.74) is 0.143. The van der Waals surface area contributed by atoms with E-state index in [1.165, 1.54) is 71.3 Å². The molecule has 4 aromatic heterocycles. The van der Waals surface area contributed by atoms with Crippen molar-refractivity contribution in [3.63, 3.8) is 0 Å². The Bertz CT molecular complexity index is 2640. The molecule has 0 aliphatic carbocycles. The molecule has 0 spiro atoms. The Labute approximate surface area is 371 Å². The smallest absolute Gasteiger partial charge is 0.404 e. The quantitative estimate of drug-likeness (QED) is 0.0913. The van der Waals surface area contributed by atoms with Gasteiger partial charge in [0.05, 0.1) is 26.3 Å². The second-order valence-electron chi connectivity index (χ2n) is 16.0. The second-order valence-corrected chi connectivity index (χ2v) is 19.8. The first-order chi connectivity index (χ1) is 29.1. The maximum absolute atomic E-state index is 14.8. The fraction of sp³-hybridized carbons (Fsp3) is 0.286. The molecule has 0 bridgehead atoms. The van der Waals surface area contributed by atoms with Gasteiger partial charge in [0.15, 0.2) is 16.7 Å². The van der Waals surface area contributed by atoms with Crippen molar-refractivity contribution in [1.82, 2.24) is 40.2 Å². The summed E-state index contributed by atoms with van der Waals surface area (Å²) in [6.45, 7) is 11.4. The molecule has 0 saturated carbocycles. The molecular weight excluding hydrogens is 886 g/mol. The lowest BCUT2D eigenvalue weighted by Crippen LogP contribution is -2.44. The lowest BCUT2D eigenvalue weighted by atomic mass is 9.84. The number of pyridine rings is 2. The van der Waals surface area contributed by atoms with Crippen LogP contribution in [-0.4, -0.2) is 72.4 Å². The normalized spacial score (nSPS) is 12.8. The van der Waals surface area contributed by atoms with Gasteiger partial charge in [-0.1, -0.05) is 88.6 Å². The first-order valence-corrected chi connectivity index (χ1v) is 21.9. The zero-order chi connectivity index (χ0) is 45.6. The highest BCUT2D eigenvalue weighted by Crippen LogP contribution is 2.34. The standard InChI is InChI=1S/C21H22ClFN4O4S.C21H22ClFN4O2S/c1-21(2,3)17(25-20(28)29)10-13-11-18(32(30,31)14-6-5-9-24-12-14)27(26-13)16-8-4-7-15(22)19(16)23;1-21(2,3)17(25-20(28)29)10-13-11-18(30-14-6-5-9-24-12-14)27(26-13)16-8-4-7-15(22)19(16)23/h4-9,11-12,17,25H,10H2,1-3H3,(H,28,29);4-9,11-12,17,25H,10H2,1-3H3,(H,28,29). The van der Waals surface area contributed by atoms with E-state index in [9.17, 15) is 37.0 Å². The van der Waals surface area contributed by atoms with Crippen molar-refractivity contribution in [2.45, 2.75) is 86.3 Å². The summed E-state index contributed by atoms with van der Waals surface area (Å²) in [6.07, 6.45) is 4.13. The van der Waals surface area contributed by atoms with Crippen LogP contribution in [0.3, 0.4) is 0 Å². The van der Waals surface area contributed by atoms with Gasteiger partial charge in [0.25, 0.3) is 0 Å². The van der Waals surface area contributed by atoms with Crippen LogP contribution in [0, 0.1) is 22.5 Å². The molecular formula is C42H44Cl2F2N8O6S2. The Hall–Kier alpha value is -5.56. The van der Waals surface area contributed by atoms with Gasteiger partial charge in [-0.2, -0.15) is 10.2 Å². The minimum Gasteiger partial charge on any atom is -0.465 e. The highest BCUT2D eigenvalue weighted by atomic mass is 35.5. The number of hydrogen-bond acceptors (Lipinski definition) is 9. The van der Waals surface area contributed by atoms with Crippen LogP contribution in [0.25, 0.3) is 11.4 Å². The van der Waals surface area contributed by atoms with E-state index in [-0.39, 0.29) is 54.9 Å². The van der Waals surface area contributed by atoms with Crippen LogP contribution in [0.2, 0.25) is 10.0 Å². The van der Waals surface area contributed by atoms with Crippen molar-refractivity contribution in [2.75, 3.05) is 0 Å². The molecule has 0 aliphatic heterocycles. The third-order valence-electron chi connectivity index (χ3n) is 9.36. The van der Waals surface area contributed by atoms with E-state index in [0.29, 0.717) is 17.1 Å². The van der Waals surface area contributed by atoms with Crippen molar-refractivity contribution in [2.24, 2.45) is 10.8 Å². The number of rotatable bonds is 12. The lowest BCUT2D eigenvalue weighted by molar-refractivity contribution is 0.173. The summed E-state index contributed by atoms with van der Waals surface area (Å²) in [5.74, 6) is -1.40. The Morgan fingerprint density at radius 2 is 1.21 bits per heavy atom. The molecule has 4 heterocycles. The molecule has 14 nitrogen and oxygen atoms in total. The number of nitrogens with one attached hydrogen (secondary N) is 2. The maximum atomic E-state index is 14.8. The fourth-order valence-electron chi connectivity index (χ4n) is 5.96. The van der Waals surface area contributed by atoms with Crippen molar-refractivity contribution >= 4 is 57.0 Å². The third kappa shape index (κ3) is 11.9. The monoisotopic (exact) mass is 928 g/mol. The Morgan fingerprint density at radius 3 is 1.68 bits per heavy atom. The van der Waals surface area contributed by atoms with Gasteiger partial charge in [0.2, 0.25) is 9.84 Å². The number of carbonyl (C=O) groups is 2. The van der Waals surface area contributed by atoms with Gasteiger partial charge >= 0.3 is 12.2 Å². The van der Waals surface area contributed by atoms with Gasteiger partial charge in [-0.15, -0.1) is 0 Å². The molecule has 2 amide bonds. The average molecular weight is 930 g/mol. The van der Waals surface area contributed by atoms with E-state index in [2.05, 4.69) is 30.8 Å². The molecule has 6 rings (SSSR count). The minimum atomic E-state index is -4.13. The number of hydrogen-bond donors (Lipinski definition) is 4. The molecule has 6 aromatic rings. The zero-order valence-electron chi connectivity index (χ0n) is 34.3. The van der Waals surface area contributed by atoms with Crippen LogP contribution in [0.5, 0.6) is 0 Å². The van der Waals surface area contributed by atoms with Crippen molar-refractivity contribution in [1.29, 1.82) is 0 Å². The van der Waals surface area contributed by atoms with Gasteiger partial charge < -0.3 is 20.8 Å². The first-order valence-electron chi connectivity index (χ1n) is 18.8. The fourth-order valence-corrected chi connectivity index (χ4v) is 8.58. The van der Waals surface area contributed by atoms with E-state index >= 15 is 0 Å². The van der Waals surface area contributed by atoms with Crippen LogP contribution < -0.4 is 10.6 Å². The first kappa shape index (κ1) is 47.5. The van der Waals surface area contributed by atoms with Crippen LogP contribution in [0.15, 0.2) is 117 Å². The third-order valence-corrected chi connectivity index (χ3v) is 12.6. The Balaban J connectivity index is 0.000000235. The van der Waals surface area contributed by atoms with Crippen LogP contribution in [-0.2, 0) is 22.7 Å². The number of aromatic nitrogens is 6. The van der Waals surface area contributed by atoms with Gasteiger partial charge in [-0.05, 0) is 71.5 Å². The molecule has 2 unspecified atom stereocenters. The van der Waals surface area contributed by atoms with Gasteiger partial charge in [0, 0.05) is 54.6 Å². The van der Waals surface area contributed by atoms with Gasteiger partial charge in [-0.3, -0.25) is 9.97 Å². The summed E-state index contributed by atoms with van der Waals surface area (Å²) < 4.78 is 58.7. The zero-order valence-corrected chi connectivity index (χ0v) is 37.5. The topological polar surface area (TPSA) is 194 Å². The van der Waals surface area contributed by atoms with Crippen molar-refractivity contribution < 1.29 is 37.0 Å². The van der Waals surface area contributed by atoms with E-state index in [0.717, 1.165) is 9.58 Å². The second kappa shape index (κ2) is 19.7. The summed E-state index contributed by atoms with van der Waals surface area (Å²) in [5, 5.41) is 32.5. The van der Waals surface area contributed by atoms with E-state index in [1.54, 1.807) is 24.5 Å². The van der Waals surface area contributed by atoms with Crippen molar-refractivity contribution in [3.05, 3.63) is 131 Å². The van der Waals surface area contributed by atoms with E-state index < -0.39 is 45.1 Å². The van der Waals surface area contributed by atoms with Crippen LogP contribution in [0.1, 0.15) is 52.9 Å². The molecule has 4 N–H and O–H groups in total. The van der Waals surface area contributed by atoms with Gasteiger partial charge in [0.1, 0.15) is 16.4 Å². The number of amides is 2. The molecule has 2 atom stereocenters. The summed E-state index contributed by atoms with van der Waals surface area (Å²) in [4.78, 5) is 31.3. The van der Waals surface area contributed by atoms with E-state index in [4.69, 9.17) is 23.2 Å². The Kier molecular flexibility index (Phi) is 15.1.